The van der Waals surface area contributed by atoms with Gasteiger partial charge in [0.25, 0.3) is 6.47 Å². The summed E-state index contributed by atoms with van der Waals surface area (Å²) in [5, 5.41) is 2.06. The Morgan fingerprint density at radius 1 is 1.32 bits per heavy atom. The van der Waals surface area contributed by atoms with Gasteiger partial charge in [-0.05, 0) is 61.3 Å². The number of benzene rings is 2. The van der Waals surface area contributed by atoms with Gasteiger partial charge < -0.3 is 9.72 Å². The topological polar surface area (TPSA) is 45.3 Å². The van der Waals surface area contributed by atoms with E-state index in [0.29, 0.717) is 13.1 Å². The fourth-order valence-corrected chi connectivity index (χ4v) is 4.23. The van der Waals surface area contributed by atoms with Gasteiger partial charge in [0.2, 0.25) is 0 Å². The van der Waals surface area contributed by atoms with Crippen molar-refractivity contribution in [1.82, 2.24) is 9.88 Å². The zero-order valence-electron chi connectivity index (χ0n) is 16.0. The van der Waals surface area contributed by atoms with Gasteiger partial charge in [0, 0.05) is 32.6 Å². The van der Waals surface area contributed by atoms with E-state index in [-0.39, 0.29) is 6.04 Å². The normalized spacial score (nSPS) is 16.2. The molecule has 0 spiro atoms. The highest BCUT2D eigenvalue weighted by Gasteiger charge is 2.29. The van der Waals surface area contributed by atoms with Crippen molar-refractivity contribution in [3.05, 3.63) is 68.8 Å². The van der Waals surface area contributed by atoms with Crippen LogP contribution < -0.4 is 0 Å². The van der Waals surface area contributed by atoms with E-state index in [1.165, 1.54) is 27.7 Å². The molecule has 1 aliphatic rings. The van der Waals surface area contributed by atoms with Crippen molar-refractivity contribution in [2.24, 2.45) is 0 Å². The number of likely N-dealkylation sites (N-methyl/N-ethyl adjacent to an activating group) is 1. The second-order valence-electron chi connectivity index (χ2n) is 6.86. The second-order valence-corrected chi connectivity index (χ2v) is 8.21. The van der Waals surface area contributed by atoms with Gasteiger partial charge in [-0.2, -0.15) is 0 Å². The zero-order valence-corrected chi connectivity index (χ0v) is 18.4. The van der Waals surface area contributed by atoms with Gasteiger partial charge in [0.1, 0.15) is 0 Å². The van der Waals surface area contributed by atoms with Crippen LogP contribution in [0.3, 0.4) is 0 Å². The van der Waals surface area contributed by atoms with Crippen LogP contribution in [0.15, 0.2) is 46.9 Å². The van der Waals surface area contributed by atoms with Crippen LogP contribution in [-0.4, -0.2) is 36.6 Å². The van der Waals surface area contributed by atoms with Crippen LogP contribution in [0.4, 0.5) is 0 Å². The summed E-state index contributed by atoms with van der Waals surface area (Å²) in [5.74, 6) is 0. The lowest BCUT2D eigenvalue weighted by molar-refractivity contribution is -0.128. The first-order valence-electron chi connectivity index (χ1n) is 9.36. The molecule has 0 bridgehead atoms. The van der Waals surface area contributed by atoms with Crippen LogP contribution in [0.2, 0.25) is 5.02 Å². The van der Waals surface area contributed by atoms with E-state index in [9.17, 15) is 4.79 Å². The first kappa shape index (κ1) is 20.9. The van der Waals surface area contributed by atoms with Crippen molar-refractivity contribution in [3.8, 4) is 0 Å². The third-order valence-electron chi connectivity index (χ3n) is 4.88. The molecule has 6 heteroatoms. The van der Waals surface area contributed by atoms with Crippen molar-refractivity contribution in [2.45, 2.75) is 25.8 Å². The zero-order chi connectivity index (χ0) is 20.1. The summed E-state index contributed by atoms with van der Waals surface area (Å²) in [6, 6.07) is 14.9. The van der Waals surface area contributed by atoms with Crippen LogP contribution in [-0.2, 0) is 16.0 Å². The van der Waals surface area contributed by atoms with Crippen LogP contribution in [0, 0.1) is 0 Å². The molecule has 1 aliphatic heterocycles. The van der Waals surface area contributed by atoms with Crippen molar-refractivity contribution in [2.75, 3.05) is 20.2 Å². The molecular formula is C22H24BrClN2O2. The van der Waals surface area contributed by atoms with Crippen molar-refractivity contribution < 1.29 is 9.53 Å². The van der Waals surface area contributed by atoms with Crippen LogP contribution in [0.1, 0.15) is 36.2 Å². The summed E-state index contributed by atoms with van der Waals surface area (Å²) < 4.78 is 5.42. The van der Waals surface area contributed by atoms with Crippen LogP contribution in [0.25, 0.3) is 10.9 Å². The number of hydrogen-bond donors (Lipinski definition) is 1. The first-order valence-corrected chi connectivity index (χ1v) is 10.5. The van der Waals surface area contributed by atoms with Gasteiger partial charge >= 0.3 is 0 Å². The van der Waals surface area contributed by atoms with Gasteiger partial charge in [-0.25, -0.2) is 0 Å². The predicted octanol–water partition coefficient (Wildman–Crippen LogP) is 5.73. The van der Waals surface area contributed by atoms with Crippen LogP contribution >= 0.6 is 27.5 Å². The summed E-state index contributed by atoms with van der Waals surface area (Å²) in [5.41, 5.74) is 5.17. The molecule has 0 saturated carbocycles. The molecule has 2 heterocycles. The molecule has 2 aromatic carbocycles. The number of carbonyl (C=O) groups is 1. The Morgan fingerprint density at radius 2 is 2.14 bits per heavy atom. The molecule has 4 nitrogen and oxygen atoms in total. The number of nitrogens with zero attached hydrogens (tertiary/aromatic N) is 1. The Hall–Kier alpha value is -1.82. The van der Waals surface area contributed by atoms with E-state index in [4.69, 9.17) is 11.6 Å². The Labute approximate surface area is 179 Å². The minimum atomic E-state index is 0.257. The van der Waals surface area contributed by atoms with E-state index in [0.717, 1.165) is 28.9 Å². The number of fused-ring (bicyclic) bond motifs is 3. The molecule has 0 aliphatic carbocycles. The van der Waals surface area contributed by atoms with Crippen molar-refractivity contribution in [1.29, 1.82) is 0 Å². The van der Waals surface area contributed by atoms with Gasteiger partial charge in [-0.15, -0.1) is 0 Å². The lowest BCUT2D eigenvalue weighted by Gasteiger charge is -2.33. The van der Waals surface area contributed by atoms with E-state index in [1.807, 2.05) is 13.0 Å². The molecule has 1 aromatic heterocycles. The molecule has 0 amide bonds. The van der Waals surface area contributed by atoms with Crippen LogP contribution in [0.5, 0.6) is 0 Å². The molecule has 148 valence electrons. The summed E-state index contributed by atoms with van der Waals surface area (Å²) in [7, 11) is 2.19. The van der Waals surface area contributed by atoms with E-state index < -0.39 is 0 Å². The molecule has 4 rings (SSSR count). The molecule has 1 unspecified atom stereocenters. The maximum absolute atomic E-state index is 9.34. The number of nitrogens with one attached hydrogen (secondary N) is 1. The molecule has 0 radical (unpaired) electrons. The number of rotatable bonds is 4. The Balaban J connectivity index is 0.000000330. The van der Waals surface area contributed by atoms with E-state index in [1.54, 1.807) is 0 Å². The largest absolute Gasteiger partial charge is 0.468 e. The summed E-state index contributed by atoms with van der Waals surface area (Å²) >= 11 is 9.78. The third-order valence-corrected chi connectivity index (χ3v) is 5.61. The Bertz CT molecular complexity index is 957. The molecule has 1 atom stereocenters. The predicted molar refractivity (Wildman–Crippen MR) is 118 cm³/mol. The Kier molecular flexibility index (Phi) is 7.16. The Morgan fingerprint density at radius 3 is 2.82 bits per heavy atom. The summed E-state index contributed by atoms with van der Waals surface area (Å²) in [4.78, 5) is 15.4. The number of halogens is 2. The monoisotopic (exact) mass is 462 g/mol. The molecule has 0 fully saturated rings. The lowest BCUT2D eigenvalue weighted by atomic mass is 9.93. The number of hydrogen-bond acceptors (Lipinski definition) is 3. The maximum Gasteiger partial charge on any atom is 0.293 e. The first-order chi connectivity index (χ1) is 13.5. The average Bonchev–Trinajstić information content (AvgIpc) is 3.04. The average molecular weight is 464 g/mol. The maximum atomic E-state index is 9.34. The molecule has 1 N–H and O–H groups in total. The number of carbonyl (C=O) groups excluding carboxylic acids is 1. The highest BCUT2D eigenvalue weighted by atomic mass is 79.9. The minimum Gasteiger partial charge on any atom is -0.468 e. The van der Waals surface area contributed by atoms with E-state index >= 15 is 0 Å². The van der Waals surface area contributed by atoms with Crippen molar-refractivity contribution >= 4 is 44.9 Å². The standard InChI is InChI=1S/C18H16BrClN2.C4H8O2/c1-22-8-7-14-15-10-13(20)5-6-16(15)21-17(14)18(22)11-3-2-4-12(19)9-11;1-2-3-6-4-5/h2-6,9-10,18,21H,7-8H2,1H3;4H,2-3H2,1H3. The molecule has 3 aromatic rings. The van der Waals surface area contributed by atoms with Gasteiger partial charge in [0.05, 0.1) is 12.6 Å². The minimum absolute atomic E-state index is 0.257. The molecular weight excluding hydrogens is 440 g/mol. The van der Waals surface area contributed by atoms with Gasteiger partial charge in [0.15, 0.2) is 0 Å². The van der Waals surface area contributed by atoms with Crippen molar-refractivity contribution in [3.63, 3.8) is 0 Å². The number of aromatic amines is 1. The summed E-state index contributed by atoms with van der Waals surface area (Å²) in [6.07, 6.45) is 1.95. The highest BCUT2D eigenvalue weighted by Crippen LogP contribution is 2.38. The van der Waals surface area contributed by atoms with Gasteiger partial charge in [-0.1, -0.05) is 46.6 Å². The fraction of sp³-hybridized carbons (Fsp3) is 0.318. The SMILES string of the molecule is CCCOC=O.CN1CCc2c([nH]c3ccc(Cl)cc23)C1c1cccc(Br)c1. The molecule has 28 heavy (non-hydrogen) atoms. The second kappa shape index (κ2) is 9.59. The third kappa shape index (κ3) is 4.59. The number of ether oxygens (including phenoxy) is 1. The number of H-pyrrole nitrogens is 1. The molecule has 0 saturated heterocycles. The lowest BCUT2D eigenvalue weighted by Crippen LogP contribution is -2.32. The number of aromatic nitrogens is 1. The highest BCUT2D eigenvalue weighted by molar-refractivity contribution is 9.10. The smallest absolute Gasteiger partial charge is 0.293 e. The fourth-order valence-electron chi connectivity index (χ4n) is 3.64. The summed E-state index contributed by atoms with van der Waals surface area (Å²) in [6.45, 7) is 4.00. The van der Waals surface area contributed by atoms with Gasteiger partial charge in [-0.3, -0.25) is 9.69 Å². The quantitative estimate of drug-likeness (QED) is 0.397. The van der Waals surface area contributed by atoms with E-state index in [2.05, 4.69) is 74.0 Å².